The molecule has 0 saturated heterocycles. The van der Waals surface area contributed by atoms with Crippen LogP contribution in [0.15, 0.2) is 129 Å². The van der Waals surface area contributed by atoms with E-state index < -0.39 is 57.0 Å². The van der Waals surface area contributed by atoms with Gasteiger partial charge in [0.2, 0.25) is 23.4 Å². The average molecular weight is 1600 g/mol. The van der Waals surface area contributed by atoms with Gasteiger partial charge in [0, 0.05) is 39.6 Å². The Morgan fingerprint density at radius 1 is 0.582 bits per heavy atom. The minimum absolute atomic E-state index is 0. The van der Waals surface area contributed by atoms with Crippen molar-refractivity contribution < 1.29 is 37.0 Å². The first-order valence-electron chi connectivity index (χ1n) is 26.5. The molecule has 2 aliphatic rings. The maximum atomic E-state index is 13.0. The highest BCUT2D eigenvalue weighted by molar-refractivity contribution is 9.11. The van der Waals surface area contributed by atoms with Gasteiger partial charge >= 0.3 is 21.1 Å². The Balaban J connectivity index is 0.000000162. The molecular weight excluding hydrogens is 1540 g/mol. The van der Waals surface area contributed by atoms with Crippen molar-refractivity contribution in [2.45, 2.75) is 79.0 Å². The third kappa shape index (κ3) is 17.7. The maximum absolute atomic E-state index is 13.0. The van der Waals surface area contributed by atoms with Gasteiger partial charge in [-0.1, -0.05) is 135 Å². The molecule has 6 N–H and O–H groups in total. The molecule has 0 radical (unpaired) electrons. The quantitative estimate of drug-likeness (QED) is 0.0287. The van der Waals surface area contributed by atoms with E-state index in [4.69, 9.17) is 5.73 Å². The highest BCUT2D eigenvalue weighted by Crippen LogP contribution is 2.39. The number of aromatic amines is 2. The summed E-state index contributed by atoms with van der Waals surface area (Å²) in [5.41, 5.74) is 15.9. The lowest BCUT2D eigenvalue weighted by molar-refractivity contribution is -0.388. The summed E-state index contributed by atoms with van der Waals surface area (Å²) in [7, 11) is 0. The number of thiazole rings is 4. The van der Waals surface area contributed by atoms with E-state index in [1.807, 2.05) is 100 Å². The number of amides is 2. The van der Waals surface area contributed by atoms with E-state index >= 15 is 0 Å². The van der Waals surface area contributed by atoms with Gasteiger partial charge < -0.3 is 26.3 Å². The number of alkyl halides is 2. The maximum Gasteiger partial charge on any atom is 0.308 e. The number of benzene rings is 7. The number of carbonyl (C=O) groups excluding carboxylic acids is 2. The van der Waals surface area contributed by atoms with Crippen LogP contribution in [-0.4, -0.2) is 53.9 Å². The van der Waals surface area contributed by atoms with E-state index in [1.54, 1.807) is 0 Å². The van der Waals surface area contributed by atoms with Crippen molar-refractivity contribution in [3.63, 3.8) is 0 Å². The summed E-state index contributed by atoms with van der Waals surface area (Å²) < 4.78 is 58.4. The first kappa shape index (κ1) is 71.7. The molecule has 7 aromatic carbocycles. The number of aromatic nitrogens is 4. The van der Waals surface area contributed by atoms with Crippen molar-refractivity contribution in [2.75, 3.05) is 16.4 Å². The lowest BCUT2D eigenvalue weighted by Crippen LogP contribution is -2.14. The zero-order chi connectivity index (χ0) is 65.7. The van der Waals surface area contributed by atoms with Crippen molar-refractivity contribution in [2.24, 2.45) is 11.8 Å². The number of hydrogen-bond acceptors (Lipinski definition) is 16. The molecule has 0 aliphatic heterocycles. The molecule has 4 aromatic heterocycles. The number of anilines is 3. The number of thiol groups is 1. The number of aryl methyl sites for hydroxylation is 3. The second-order valence-corrected chi connectivity index (χ2v) is 28.2. The minimum Gasteiger partial charge on any atom is -0.398 e. The van der Waals surface area contributed by atoms with Crippen LogP contribution in [0.4, 0.5) is 44.9 Å². The molecule has 2 aliphatic carbocycles. The van der Waals surface area contributed by atoms with E-state index in [-0.39, 0.29) is 29.0 Å². The highest BCUT2D eigenvalue weighted by Gasteiger charge is 2.44. The Kier molecular flexibility index (Phi) is 24.2. The number of nitrogens with two attached hydrogens (primary N) is 1. The number of nitrogens with zero attached hydrogens (tertiary/aromatic N) is 4. The van der Waals surface area contributed by atoms with Gasteiger partial charge in [0.25, 0.3) is 0 Å². The number of halogens is 8. The van der Waals surface area contributed by atoms with Gasteiger partial charge in [-0.2, -0.15) is 8.78 Å². The normalized spacial score (nSPS) is 15.0. The fourth-order valence-corrected chi connectivity index (χ4v) is 13.5. The lowest BCUT2D eigenvalue weighted by Gasteiger charge is -2.07. The highest BCUT2D eigenvalue weighted by atomic mass is 79.9. The second kappa shape index (κ2) is 30.8. The predicted octanol–water partition coefficient (Wildman–Crippen LogP) is 18.9. The van der Waals surface area contributed by atoms with Gasteiger partial charge in [-0.15, -0.1) is 12.6 Å². The zero-order valence-electron chi connectivity index (χ0n) is 47.7. The van der Waals surface area contributed by atoms with Crippen LogP contribution in [-0.2, 0) is 9.59 Å². The van der Waals surface area contributed by atoms with Crippen LogP contribution in [0.25, 0.3) is 52.0 Å². The summed E-state index contributed by atoms with van der Waals surface area (Å²) in [6.45, 7) is 10.9. The Hall–Kier alpha value is -6.77. The molecule has 17 nitrogen and oxygen atoms in total. The molecule has 13 rings (SSSR count). The summed E-state index contributed by atoms with van der Waals surface area (Å²) in [6.07, 6.45) is -1.34. The summed E-state index contributed by atoms with van der Waals surface area (Å²) in [5.74, 6) is -3.17. The standard InChI is InChI=1S/C19H14FN3O2S2.C12H11FN2OS.C8H6BrNOS.2C7H5BrFNO2.C7H8BrNS.CH4/c1-8-10(3-5-14-16(8)22-19(25)27-14)9-2-4-13-15(6-9)26-18(21-13)23-17(24)11-7-12(11)20;1-6-2-3-9-10(4-6)17-12(14-9)15-11(16)7-5-8(7)13;1-4-5(9)2-3-6-7(4)10-8(11)12-6;2*1-4-5(8)2-3-6(9)7(4)10(11)12;1-4-5(8)2-3-6(10)7(4)9;/h2-6,11-12H,7H2,1H3,(H,22,25)(H,21,23,24);2-4,7-8H,5H2,1H3,(H,14,15,16);2-3H,1H3,(H,10,11);2*2-3H,1H3;2-3,10H,9H2,1H3;1H4/t11-,12+;7-,8+;;;;;/m11...../s1. The molecule has 2 saturated carbocycles. The van der Waals surface area contributed by atoms with Crippen molar-refractivity contribution in [1.29, 1.82) is 0 Å². The molecule has 0 bridgehead atoms. The number of nitro groups is 2. The van der Waals surface area contributed by atoms with Crippen LogP contribution in [0.1, 0.15) is 53.6 Å². The molecule has 4 atom stereocenters. The average Bonchev–Trinajstić information content (AvgIpc) is 1.75. The summed E-state index contributed by atoms with van der Waals surface area (Å²) in [4.78, 5) is 80.5. The number of nitrogen functional groups attached to an aromatic ring is 1. The number of fused-ring (bicyclic) bond motifs is 4. The largest absolute Gasteiger partial charge is 0.398 e. The number of rotatable bonds is 7. The molecule has 0 unspecified atom stereocenters. The molecule has 2 fully saturated rings. The third-order valence-corrected chi connectivity index (χ3v) is 21.3. The first-order valence-corrected chi connectivity index (χ1v) is 33.4. The Morgan fingerprint density at radius 2 is 0.989 bits per heavy atom. The molecule has 476 valence electrons. The summed E-state index contributed by atoms with van der Waals surface area (Å²) >= 11 is 22.3. The summed E-state index contributed by atoms with van der Waals surface area (Å²) in [5, 5.41) is 27.1. The van der Waals surface area contributed by atoms with Gasteiger partial charge in [0.05, 0.1) is 62.5 Å². The number of nitrogens with one attached hydrogen (secondary N) is 4. The van der Waals surface area contributed by atoms with E-state index in [9.17, 15) is 57.0 Å². The number of nitro benzene ring substituents is 2. The minimum atomic E-state index is -1.02. The third-order valence-electron chi connectivity index (χ3n) is 13.9. The monoisotopic (exact) mass is 1590 g/mol. The molecule has 91 heavy (non-hydrogen) atoms. The fraction of sp³-hybridized carbons (Fsp3) is 0.213. The Bertz CT molecular complexity index is 4640. The molecule has 0 spiro atoms. The first-order chi connectivity index (χ1) is 42.5. The SMILES string of the molecule is C.Cc1c(-c2ccc3nc(NC(=O)[C@@H]4C[C@@H]4F)sc3c2)ccc2sc(=O)[nH]c12.Cc1c(Br)ccc(F)c1[N+](=O)[O-].Cc1c(Br)ccc(F)c1[N+](=O)[O-].Cc1c(Br)ccc(S)c1N.Cc1c(Br)ccc2sc(=O)[nH]c12.Cc1ccc2nc(NC(=O)[C@@H]3C[C@@H]3F)sc2c1. The van der Waals surface area contributed by atoms with Gasteiger partial charge in [-0.25, -0.2) is 18.7 Å². The van der Waals surface area contributed by atoms with Gasteiger partial charge in [-0.3, -0.25) is 39.4 Å². The van der Waals surface area contributed by atoms with E-state index in [2.05, 4.69) is 107 Å². The van der Waals surface area contributed by atoms with Crippen molar-refractivity contribution in [1.82, 2.24) is 19.9 Å². The van der Waals surface area contributed by atoms with Crippen molar-refractivity contribution >= 4 is 202 Å². The number of hydrogen-bond donors (Lipinski definition) is 6. The van der Waals surface area contributed by atoms with Crippen molar-refractivity contribution in [3.8, 4) is 11.1 Å². The predicted molar refractivity (Wildman–Crippen MR) is 377 cm³/mol. The Morgan fingerprint density at radius 3 is 1.44 bits per heavy atom. The summed E-state index contributed by atoms with van der Waals surface area (Å²) in [6, 6.07) is 28.5. The topological polar surface area (TPSA) is 262 Å². The molecule has 30 heteroatoms. The number of H-pyrrole nitrogens is 2. The zero-order valence-corrected chi connectivity index (χ0v) is 58.2. The molecule has 11 aromatic rings. The molecular formula is C61H53Br4F4N9O8S5. The van der Waals surface area contributed by atoms with Gasteiger partial charge in [0.1, 0.15) is 12.3 Å². The van der Waals surface area contributed by atoms with Crippen molar-refractivity contribution in [3.05, 3.63) is 200 Å². The number of carbonyl (C=O) groups is 2. The molecule has 4 heterocycles. The Labute approximate surface area is 571 Å². The van der Waals surface area contributed by atoms with Crippen LogP contribution < -0.4 is 26.1 Å². The van der Waals surface area contributed by atoms with E-state index in [1.165, 1.54) is 71.3 Å². The van der Waals surface area contributed by atoms with Crippen LogP contribution in [0.3, 0.4) is 0 Å². The van der Waals surface area contributed by atoms with Crippen LogP contribution in [0.2, 0.25) is 0 Å². The second-order valence-electron chi connectivity index (χ2n) is 20.2. The van der Waals surface area contributed by atoms with E-state index in [0.29, 0.717) is 43.2 Å². The van der Waals surface area contributed by atoms with Gasteiger partial charge in [0.15, 0.2) is 10.3 Å². The van der Waals surface area contributed by atoms with E-state index in [0.717, 1.165) is 106 Å². The van der Waals surface area contributed by atoms with Gasteiger partial charge in [-0.05, 0) is 167 Å². The van der Waals surface area contributed by atoms with Crippen LogP contribution in [0, 0.1) is 85.2 Å². The van der Waals surface area contributed by atoms with Crippen LogP contribution >= 0.6 is 122 Å². The lowest BCUT2D eigenvalue weighted by atomic mass is 10.00. The smallest absolute Gasteiger partial charge is 0.308 e. The van der Waals surface area contributed by atoms with Crippen LogP contribution in [0.5, 0.6) is 0 Å². The fourth-order valence-electron chi connectivity index (χ4n) is 8.52. The molecule has 2 amide bonds.